The van der Waals surface area contributed by atoms with Crippen LogP contribution in [0.2, 0.25) is 15.1 Å². The number of nitrogens with two attached hydrogens (primary N) is 1. The summed E-state index contributed by atoms with van der Waals surface area (Å²) in [5.41, 5.74) is 6.59. The van der Waals surface area contributed by atoms with Crippen LogP contribution in [-0.2, 0) is 4.79 Å². The molecule has 4 N–H and O–H groups in total. The average Bonchev–Trinajstić information content (AvgIpc) is 3.33. The summed E-state index contributed by atoms with van der Waals surface area (Å²) in [5, 5.41) is 6.01. The second kappa shape index (κ2) is 9.44. The van der Waals surface area contributed by atoms with Crippen molar-refractivity contribution in [3.8, 4) is 0 Å². The predicted octanol–water partition coefficient (Wildman–Crippen LogP) is 7.15. The maximum atomic E-state index is 14.0. The number of rotatable bonds is 5. The summed E-state index contributed by atoms with van der Waals surface area (Å²) in [4.78, 5) is 25.6. The highest BCUT2D eigenvalue weighted by Crippen LogP contribution is 2.65. The molecule has 34 heavy (non-hydrogen) atoms. The van der Waals surface area contributed by atoms with Crippen molar-refractivity contribution in [1.82, 2.24) is 0 Å². The van der Waals surface area contributed by atoms with Gasteiger partial charge in [-0.2, -0.15) is 0 Å². The van der Waals surface area contributed by atoms with Crippen LogP contribution in [0.25, 0.3) is 0 Å². The Balaban J connectivity index is 1.52. The Morgan fingerprint density at radius 3 is 2.24 bits per heavy atom. The van der Waals surface area contributed by atoms with Crippen LogP contribution in [0, 0.1) is 11.7 Å². The number of nitrogens with one attached hydrogen (secondary N) is 2. The molecule has 2 amide bonds. The van der Waals surface area contributed by atoms with Crippen LogP contribution >= 0.6 is 58.0 Å². The highest BCUT2D eigenvalue weighted by atomic mass is 35.5. The fraction of sp³-hybridized carbons (Fsp3) is 0.130. The van der Waals surface area contributed by atoms with Crippen LogP contribution in [0.5, 0.6) is 0 Å². The van der Waals surface area contributed by atoms with E-state index in [1.54, 1.807) is 18.2 Å². The van der Waals surface area contributed by atoms with E-state index in [1.807, 2.05) is 0 Å². The second-order valence-electron chi connectivity index (χ2n) is 7.71. The van der Waals surface area contributed by atoms with Gasteiger partial charge in [0.25, 0.3) is 5.91 Å². The van der Waals surface area contributed by atoms with Crippen molar-refractivity contribution in [3.63, 3.8) is 0 Å². The lowest BCUT2D eigenvalue weighted by Gasteiger charge is -2.11. The average molecular weight is 562 g/mol. The van der Waals surface area contributed by atoms with Gasteiger partial charge in [-0.25, -0.2) is 4.39 Å². The molecular weight excluding hydrogens is 547 g/mol. The molecule has 0 spiro atoms. The molecule has 176 valence electrons. The van der Waals surface area contributed by atoms with Crippen LogP contribution in [-0.4, -0.2) is 16.1 Å². The van der Waals surface area contributed by atoms with E-state index < -0.39 is 33.8 Å². The second-order valence-corrected chi connectivity index (χ2v) is 10.4. The summed E-state index contributed by atoms with van der Waals surface area (Å²) in [5.74, 6) is -3.16. The number of carbonyl (C=O) groups is 2. The molecule has 3 aromatic rings. The van der Waals surface area contributed by atoms with Gasteiger partial charge in [-0.15, -0.1) is 23.2 Å². The van der Waals surface area contributed by atoms with E-state index in [-0.39, 0.29) is 27.6 Å². The lowest BCUT2D eigenvalue weighted by atomic mass is 10.1. The van der Waals surface area contributed by atoms with Crippen LogP contribution in [0.4, 0.5) is 21.5 Å². The molecule has 3 aromatic carbocycles. The third kappa shape index (κ3) is 5.07. The molecule has 1 fully saturated rings. The van der Waals surface area contributed by atoms with Gasteiger partial charge in [0.2, 0.25) is 5.91 Å². The summed E-state index contributed by atoms with van der Waals surface area (Å²) in [6.07, 6.45) is 0. The molecule has 1 aliphatic carbocycles. The van der Waals surface area contributed by atoms with E-state index in [1.165, 1.54) is 30.3 Å². The molecule has 0 bridgehead atoms. The zero-order chi connectivity index (χ0) is 24.8. The molecule has 2 atom stereocenters. The number of alkyl halides is 2. The van der Waals surface area contributed by atoms with Crippen molar-refractivity contribution in [2.45, 2.75) is 10.3 Å². The molecule has 1 saturated carbocycles. The Bertz CT molecular complexity index is 1300. The largest absolute Gasteiger partial charge is 0.399 e. The van der Waals surface area contributed by atoms with Gasteiger partial charge in [-0.3, -0.25) is 9.59 Å². The molecule has 0 heterocycles. The van der Waals surface area contributed by atoms with E-state index in [0.717, 1.165) is 6.07 Å². The Hall–Kier alpha value is -2.22. The molecule has 0 aromatic heterocycles. The monoisotopic (exact) mass is 559 g/mol. The fourth-order valence-electron chi connectivity index (χ4n) is 3.64. The minimum absolute atomic E-state index is 0.0210. The molecule has 0 radical (unpaired) electrons. The number of nitrogen functional groups attached to an aromatic ring is 1. The SMILES string of the molecule is Nc1ccc(NC(=O)c2cc(NC(=O)C3C(c4cc(Cl)cc(Cl)c4)C3(Cl)Cl)ccc2Cl)c(F)c1. The van der Waals surface area contributed by atoms with Crippen molar-refractivity contribution in [3.05, 3.63) is 86.6 Å². The first-order chi connectivity index (χ1) is 16.0. The third-order valence-corrected chi connectivity index (χ3v) is 7.01. The van der Waals surface area contributed by atoms with Crippen LogP contribution in [0.3, 0.4) is 0 Å². The first-order valence-corrected chi connectivity index (χ1v) is 11.7. The number of hydrogen-bond acceptors (Lipinski definition) is 3. The third-order valence-electron chi connectivity index (χ3n) is 5.30. The zero-order valence-electron chi connectivity index (χ0n) is 17.0. The van der Waals surface area contributed by atoms with Crippen molar-refractivity contribution in [2.24, 2.45) is 5.92 Å². The summed E-state index contributed by atoms with van der Waals surface area (Å²) in [6.45, 7) is 0. The number of halogens is 6. The summed E-state index contributed by atoms with van der Waals surface area (Å²) >= 11 is 31.0. The molecule has 1 aliphatic rings. The topological polar surface area (TPSA) is 84.2 Å². The number of hydrogen-bond donors (Lipinski definition) is 3. The zero-order valence-corrected chi connectivity index (χ0v) is 20.8. The minimum atomic E-state index is -1.36. The van der Waals surface area contributed by atoms with E-state index >= 15 is 0 Å². The van der Waals surface area contributed by atoms with E-state index in [4.69, 9.17) is 63.7 Å². The molecule has 4 rings (SSSR count). The maximum absolute atomic E-state index is 14.0. The lowest BCUT2D eigenvalue weighted by Crippen LogP contribution is -2.18. The van der Waals surface area contributed by atoms with Crippen molar-refractivity contribution >= 4 is 86.9 Å². The van der Waals surface area contributed by atoms with Crippen molar-refractivity contribution in [2.75, 3.05) is 16.4 Å². The van der Waals surface area contributed by atoms with Crippen LogP contribution in [0.1, 0.15) is 21.8 Å². The Kier molecular flexibility index (Phi) is 6.91. The highest BCUT2D eigenvalue weighted by molar-refractivity contribution is 6.53. The molecule has 5 nitrogen and oxygen atoms in total. The quantitative estimate of drug-likeness (QED) is 0.229. The molecule has 11 heteroatoms. The van der Waals surface area contributed by atoms with Gasteiger partial charge in [0.15, 0.2) is 0 Å². The van der Waals surface area contributed by atoms with Gasteiger partial charge < -0.3 is 16.4 Å². The molecule has 0 saturated heterocycles. The van der Waals surface area contributed by atoms with Gasteiger partial charge in [0.1, 0.15) is 10.2 Å². The first kappa shape index (κ1) is 24.9. The van der Waals surface area contributed by atoms with Gasteiger partial charge in [0.05, 0.1) is 22.2 Å². The summed E-state index contributed by atoms with van der Waals surface area (Å²) in [7, 11) is 0. The minimum Gasteiger partial charge on any atom is -0.399 e. The molecule has 0 aliphatic heterocycles. The van der Waals surface area contributed by atoms with E-state index in [2.05, 4.69) is 10.6 Å². The van der Waals surface area contributed by atoms with Gasteiger partial charge in [-0.1, -0.05) is 34.8 Å². The van der Waals surface area contributed by atoms with Gasteiger partial charge in [-0.05, 0) is 60.2 Å². The number of carbonyl (C=O) groups excluding carboxylic acids is 2. The summed E-state index contributed by atoms with van der Waals surface area (Å²) < 4.78 is 12.7. The van der Waals surface area contributed by atoms with Crippen LogP contribution in [0.15, 0.2) is 54.6 Å². The first-order valence-electron chi connectivity index (χ1n) is 9.78. The van der Waals surface area contributed by atoms with Crippen LogP contribution < -0.4 is 16.4 Å². The number of amides is 2. The molecular formula is C23H15Cl5FN3O2. The number of anilines is 3. The number of benzene rings is 3. The Labute approximate surface area is 219 Å². The van der Waals surface area contributed by atoms with Crippen molar-refractivity contribution in [1.29, 1.82) is 0 Å². The van der Waals surface area contributed by atoms with E-state index in [9.17, 15) is 14.0 Å². The predicted molar refractivity (Wildman–Crippen MR) is 136 cm³/mol. The Morgan fingerprint density at radius 1 is 0.912 bits per heavy atom. The Morgan fingerprint density at radius 2 is 1.59 bits per heavy atom. The fourth-order valence-corrected chi connectivity index (χ4v) is 5.22. The summed E-state index contributed by atoms with van der Waals surface area (Å²) in [6, 6.07) is 13.0. The smallest absolute Gasteiger partial charge is 0.257 e. The highest BCUT2D eigenvalue weighted by Gasteiger charge is 2.67. The van der Waals surface area contributed by atoms with Crippen molar-refractivity contribution < 1.29 is 14.0 Å². The van der Waals surface area contributed by atoms with Gasteiger partial charge >= 0.3 is 0 Å². The van der Waals surface area contributed by atoms with E-state index in [0.29, 0.717) is 15.6 Å². The maximum Gasteiger partial charge on any atom is 0.257 e. The van der Waals surface area contributed by atoms with Gasteiger partial charge in [0, 0.05) is 27.3 Å². The molecule has 2 unspecified atom stereocenters. The standard InChI is InChI=1S/C23H15Cl5FN3O2/c24-11-5-10(6-12(25)7-11)19-20(23(19,27)28)22(34)31-14-2-3-16(26)15(9-14)21(33)32-18-4-1-13(30)8-17(18)29/h1-9,19-20H,30H2,(H,31,34)(H,32,33). The lowest BCUT2D eigenvalue weighted by molar-refractivity contribution is -0.117. The normalized spacial score (nSPS) is 18.3.